The van der Waals surface area contributed by atoms with Crippen molar-refractivity contribution >= 4 is 11.8 Å². The van der Waals surface area contributed by atoms with E-state index in [1.807, 2.05) is 13.0 Å². The number of hydrogen-bond donors (Lipinski definition) is 0. The first-order valence-corrected chi connectivity index (χ1v) is 8.62. The molecule has 0 bridgehead atoms. The lowest BCUT2D eigenvalue weighted by Crippen LogP contribution is -2.35. The van der Waals surface area contributed by atoms with E-state index in [4.69, 9.17) is 0 Å². The van der Waals surface area contributed by atoms with E-state index in [0.717, 1.165) is 11.3 Å². The van der Waals surface area contributed by atoms with Crippen LogP contribution in [0.25, 0.3) is 0 Å². The van der Waals surface area contributed by atoms with Crippen molar-refractivity contribution < 1.29 is 14.0 Å². The number of fused-ring (bicyclic) bond motifs is 1. The second-order valence-electron chi connectivity index (χ2n) is 6.97. The van der Waals surface area contributed by atoms with Gasteiger partial charge in [0, 0.05) is 38.3 Å². The number of nitrogens with zero attached hydrogens (tertiary/aromatic N) is 4. The number of amides is 2. The van der Waals surface area contributed by atoms with Crippen LogP contribution >= 0.6 is 0 Å². The molecule has 2 amide bonds. The van der Waals surface area contributed by atoms with Crippen molar-refractivity contribution in [3.8, 4) is 0 Å². The molecular formula is C19H19FN4O2. The van der Waals surface area contributed by atoms with Gasteiger partial charge >= 0.3 is 0 Å². The van der Waals surface area contributed by atoms with Crippen LogP contribution < -0.4 is 0 Å². The fourth-order valence-electron chi connectivity index (χ4n) is 3.77. The Labute approximate surface area is 150 Å². The molecule has 0 saturated carbocycles. The van der Waals surface area contributed by atoms with E-state index in [2.05, 4.69) is 9.97 Å². The highest BCUT2D eigenvalue weighted by Crippen LogP contribution is 2.33. The molecule has 2 fully saturated rings. The van der Waals surface area contributed by atoms with Gasteiger partial charge in [-0.05, 0) is 24.6 Å². The quantitative estimate of drug-likeness (QED) is 0.841. The van der Waals surface area contributed by atoms with Crippen molar-refractivity contribution in [3.63, 3.8) is 0 Å². The number of rotatable bonds is 3. The lowest BCUT2D eigenvalue weighted by atomic mass is 10.0. The Bertz CT molecular complexity index is 855. The number of carbonyl (C=O) groups excluding carboxylic acids is 2. The van der Waals surface area contributed by atoms with Gasteiger partial charge in [-0.2, -0.15) is 0 Å². The van der Waals surface area contributed by atoms with Crippen LogP contribution in [-0.2, 0) is 11.3 Å². The molecular weight excluding hydrogens is 335 g/mol. The largest absolute Gasteiger partial charge is 0.338 e. The summed E-state index contributed by atoms with van der Waals surface area (Å²) in [5.74, 6) is -0.532. The molecule has 1 aromatic carbocycles. The van der Waals surface area contributed by atoms with Gasteiger partial charge < -0.3 is 9.80 Å². The molecule has 7 heteroatoms. The molecule has 4 rings (SSSR count). The Morgan fingerprint density at radius 3 is 2.77 bits per heavy atom. The molecule has 6 nitrogen and oxygen atoms in total. The lowest BCUT2D eigenvalue weighted by Gasteiger charge is -2.21. The minimum atomic E-state index is -0.301. The van der Waals surface area contributed by atoms with Gasteiger partial charge in [0.05, 0.1) is 17.8 Å². The van der Waals surface area contributed by atoms with Crippen LogP contribution in [0.1, 0.15) is 21.7 Å². The van der Waals surface area contributed by atoms with E-state index in [0.29, 0.717) is 31.9 Å². The third-order valence-corrected chi connectivity index (χ3v) is 5.07. The average molecular weight is 354 g/mol. The molecule has 0 unspecified atom stereocenters. The molecule has 2 aliphatic rings. The normalized spacial score (nSPS) is 22.0. The minimum Gasteiger partial charge on any atom is -0.338 e. The van der Waals surface area contributed by atoms with Crippen LogP contribution in [0.4, 0.5) is 4.39 Å². The van der Waals surface area contributed by atoms with Crippen LogP contribution in [0.5, 0.6) is 0 Å². The van der Waals surface area contributed by atoms with Crippen LogP contribution in [0.3, 0.4) is 0 Å². The number of aromatic nitrogens is 2. The summed E-state index contributed by atoms with van der Waals surface area (Å²) in [6, 6.07) is 6.31. The predicted molar refractivity (Wildman–Crippen MR) is 91.5 cm³/mol. The van der Waals surface area contributed by atoms with Gasteiger partial charge in [0.15, 0.2) is 0 Å². The topological polar surface area (TPSA) is 66.4 Å². The zero-order valence-corrected chi connectivity index (χ0v) is 14.4. The van der Waals surface area contributed by atoms with E-state index >= 15 is 0 Å². The van der Waals surface area contributed by atoms with Crippen LogP contribution in [0, 0.1) is 24.6 Å². The van der Waals surface area contributed by atoms with Crippen molar-refractivity contribution in [2.75, 3.05) is 19.6 Å². The number of aryl methyl sites for hydroxylation is 1. The zero-order valence-electron chi connectivity index (χ0n) is 14.4. The van der Waals surface area contributed by atoms with Crippen molar-refractivity contribution in [1.29, 1.82) is 0 Å². The standard InChI is InChI=1S/C19H19FN4O2/c1-12-6-22-17(7-21-12)19(26)24-10-14-9-23(18(25)16(14)11-24)8-13-3-2-4-15(20)5-13/h2-7,14,16H,8-11H2,1H3/t14-,16+/m0/s1. The molecule has 26 heavy (non-hydrogen) atoms. The van der Waals surface area contributed by atoms with Gasteiger partial charge in [-0.25, -0.2) is 9.37 Å². The first-order valence-electron chi connectivity index (χ1n) is 8.62. The van der Waals surface area contributed by atoms with E-state index in [1.54, 1.807) is 22.1 Å². The summed E-state index contributed by atoms with van der Waals surface area (Å²) in [6.07, 6.45) is 3.04. The van der Waals surface area contributed by atoms with Crippen LogP contribution in [0.15, 0.2) is 36.7 Å². The molecule has 2 aliphatic heterocycles. The Morgan fingerprint density at radius 1 is 1.23 bits per heavy atom. The highest BCUT2D eigenvalue weighted by atomic mass is 19.1. The second kappa shape index (κ2) is 6.48. The van der Waals surface area contributed by atoms with Gasteiger partial charge in [-0.1, -0.05) is 12.1 Å². The van der Waals surface area contributed by atoms with Gasteiger partial charge in [-0.15, -0.1) is 0 Å². The molecule has 0 spiro atoms. The Balaban J connectivity index is 1.41. The Hall–Kier alpha value is -2.83. The van der Waals surface area contributed by atoms with Gasteiger partial charge in [0.25, 0.3) is 5.91 Å². The Kier molecular flexibility index (Phi) is 4.14. The fraction of sp³-hybridized carbons (Fsp3) is 0.368. The summed E-state index contributed by atoms with van der Waals surface area (Å²) >= 11 is 0. The maximum absolute atomic E-state index is 13.3. The molecule has 134 valence electrons. The molecule has 0 N–H and O–H groups in total. The molecule has 2 aromatic rings. The zero-order chi connectivity index (χ0) is 18.3. The monoisotopic (exact) mass is 354 g/mol. The van der Waals surface area contributed by atoms with Gasteiger partial charge in [0.2, 0.25) is 5.91 Å². The number of carbonyl (C=O) groups is 2. The fourth-order valence-corrected chi connectivity index (χ4v) is 3.77. The summed E-state index contributed by atoms with van der Waals surface area (Å²) in [5.41, 5.74) is 1.84. The van der Waals surface area contributed by atoms with Gasteiger partial charge in [-0.3, -0.25) is 14.6 Å². The number of halogens is 1. The average Bonchev–Trinajstić information content (AvgIpc) is 3.15. The van der Waals surface area contributed by atoms with Crippen molar-refractivity contribution in [2.45, 2.75) is 13.5 Å². The van der Waals surface area contributed by atoms with E-state index < -0.39 is 0 Å². The summed E-state index contributed by atoms with van der Waals surface area (Å²) in [7, 11) is 0. The maximum Gasteiger partial charge on any atom is 0.274 e. The van der Waals surface area contributed by atoms with E-state index in [-0.39, 0.29) is 29.5 Å². The van der Waals surface area contributed by atoms with Crippen LogP contribution in [-0.4, -0.2) is 51.2 Å². The molecule has 2 atom stereocenters. The smallest absolute Gasteiger partial charge is 0.274 e. The number of hydrogen-bond acceptors (Lipinski definition) is 4. The lowest BCUT2D eigenvalue weighted by molar-refractivity contribution is -0.131. The highest BCUT2D eigenvalue weighted by molar-refractivity contribution is 5.93. The van der Waals surface area contributed by atoms with Gasteiger partial charge in [0.1, 0.15) is 11.5 Å². The first-order chi connectivity index (χ1) is 12.5. The molecule has 1 aromatic heterocycles. The summed E-state index contributed by atoms with van der Waals surface area (Å²) < 4.78 is 13.3. The van der Waals surface area contributed by atoms with Crippen molar-refractivity contribution in [1.82, 2.24) is 19.8 Å². The summed E-state index contributed by atoms with van der Waals surface area (Å²) in [6.45, 7) is 3.74. The maximum atomic E-state index is 13.3. The molecule has 3 heterocycles. The summed E-state index contributed by atoms with van der Waals surface area (Å²) in [5, 5.41) is 0. The number of benzene rings is 1. The highest BCUT2D eigenvalue weighted by Gasteiger charge is 2.47. The van der Waals surface area contributed by atoms with Crippen LogP contribution in [0.2, 0.25) is 0 Å². The third kappa shape index (κ3) is 3.05. The second-order valence-corrected chi connectivity index (χ2v) is 6.97. The SMILES string of the molecule is Cc1cnc(C(=O)N2C[C@@H]3CN(Cc4cccc(F)c4)C(=O)[C@@H]3C2)cn1. The number of likely N-dealkylation sites (tertiary alicyclic amines) is 2. The minimum absolute atomic E-state index is 0.0320. The summed E-state index contributed by atoms with van der Waals surface area (Å²) in [4.78, 5) is 36.9. The molecule has 0 radical (unpaired) electrons. The van der Waals surface area contributed by atoms with E-state index in [9.17, 15) is 14.0 Å². The molecule has 0 aliphatic carbocycles. The van der Waals surface area contributed by atoms with Crippen molar-refractivity contribution in [2.24, 2.45) is 11.8 Å². The predicted octanol–water partition coefficient (Wildman–Crippen LogP) is 1.65. The molecule has 2 saturated heterocycles. The van der Waals surface area contributed by atoms with E-state index in [1.165, 1.54) is 18.3 Å². The first kappa shape index (κ1) is 16.6. The Morgan fingerprint density at radius 2 is 2.08 bits per heavy atom. The third-order valence-electron chi connectivity index (χ3n) is 5.07. The van der Waals surface area contributed by atoms with Crippen molar-refractivity contribution in [3.05, 3.63) is 59.4 Å².